The fraction of sp³-hybridized carbons (Fsp3) is 0.0400. The standard InChI is InChI=1S/C50H41O4P/c51-41-29-21-37(22-30-41)49(38-23-31-42(52)32-24-38)50(39-25-33-43(53)34-26-39)40-27-35-44(36-28-40)54-55(45-13-5-1-6-14-45,46-15-7-2-8-16-46,47-17-9-3-10-18-47)48-19-11-4-12-20-48/h1-36,49-53H. The van der Waals surface area contributed by atoms with Crippen molar-refractivity contribution in [3.8, 4) is 23.0 Å². The van der Waals surface area contributed by atoms with Gasteiger partial charge in [-0.2, -0.15) is 0 Å². The van der Waals surface area contributed by atoms with Crippen LogP contribution in [0.2, 0.25) is 0 Å². The Morgan fingerprint density at radius 3 is 0.782 bits per heavy atom. The van der Waals surface area contributed by atoms with Gasteiger partial charge >= 0.3 is 323 Å². The summed E-state index contributed by atoms with van der Waals surface area (Å²) in [5.41, 5.74) is 4.02. The topological polar surface area (TPSA) is 69.9 Å². The Kier molecular flexibility index (Phi) is 9.68. The molecule has 5 heteroatoms. The van der Waals surface area contributed by atoms with E-state index in [1.807, 2.05) is 60.7 Å². The number of phenols is 3. The van der Waals surface area contributed by atoms with E-state index in [1.165, 1.54) is 0 Å². The molecule has 55 heavy (non-hydrogen) atoms. The van der Waals surface area contributed by atoms with Crippen LogP contribution in [0.15, 0.2) is 218 Å². The summed E-state index contributed by atoms with van der Waals surface area (Å²) in [5.74, 6) is 0.852. The Morgan fingerprint density at radius 2 is 0.527 bits per heavy atom. The molecule has 8 aromatic carbocycles. The van der Waals surface area contributed by atoms with Crippen molar-refractivity contribution >= 4 is 28.0 Å². The quantitative estimate of drug-likeness (QED) is 0.116. The number of phenolic OH excluding ortho intramolecular Hbond substituents is 3. The molecule has 3 N–H and O–H groups in total. The average molecular weight is 737 g/mol. The fourth-order valence-electron chi connectivity index (χ4n) is 8.10. The maximum absolute atomic E-state index is 10.3. The molecule has 0 heterocycles. The third-order valence-electron chi connectivity index (χ3n) is 10.6. The van der Waals surface area contributed by atoms with E-state index in [4.69, 9.17) is 4.52 Å². The molecule has 0 spiro atoms. The van der Waals surface area contributed by atoms with E-state index in [-0.39, 0.29) is 29.1 Å². The third-order valence-corrected chi connectivity index (χ3v) is 16.3. The third kappa shape index (κ3) is 6.41. The van der Waals surface area contributed by atoms with Crippen LogP contribution in [0.5, 0.6) is 23.0 Å². The monoisotopic (exact) mass is 736 g/mol. The van der Waals surface area contributed by atoms with Crippen molar-refractivity contribution in [2.45, 2.75) is 11.8 Å². The molecule has 270 valence electrons. The molecule has 0 aliphatic carbocycles. The van der Waals surface area contributed by atoms with Gasteiger partial charge in [0.05, 0.1) is 0 Å². The van der Waals surface area contributed by atoms with Crippen LogP contribution in [0.25, 0.3) is 0 Å². The van der Waals surface area contributed by atoms with Crippen molar-refractivity contribution in [1.82, 2.24) is 0 Å². The van der Waals surface area contributed by atoms with Crippen LogP contribution in [-0.2, 0) is 0 Å². The zero-order chi connectivity index (χ0) is 37.7. The second-order valence-corrected chi connectivity index (χ2v) is 18.1. The van der Waals surface area contributed by atoms with Gasteiger partial charge in [-0.15, -0.1) is 0 Å². The zero-order valence-corrected chi connectivity index (χ0v) is 31.0. The van der Waals surface area contributed by atoms with E-state index in [0.717, 1.165) is 49.2 Å². The van der Waals surface area contributed by atoms with Crippen molar-refractivity contribution in [2.75, 3.05) is 0 Å². The fourth-order valence-corrected chi connectivity index (χ4v) is 13.8. The first kappa shape index (κ1) is 35.4. The van der Waals surface area contributed by atoms with Gasteiger partial charge in [0.15, 0.2) is 0 Å². The normalized spacial score (nSPS) is 12.7. The second kappa shape index (κ2) is 15.0. The summed E-state index contributed by atoms with van der Waals surface area (Å²) in [7, 11) is 0. The molecule has 8 rings (SSSR count). The number of aromatic hydroxyl groups is 3. The van der Waals surface area contributed by atoms with Gasteiger partial charge in [0.25, 0.3) is 0 Å². The van der Waals surface area contributed by atoms with Gasteiger partial charge in [0.2, 0.25) is 0 Å². The van der Waals surface area contributed by atoms with Crippen LogP contribution in [0.4, 0.5) is 0 Å². The van der Waals surface area contributed by atoms with Gasteiger partial charge in [-0.1, -0.05) is 0 Å². The van der Waals surface area contributed by atoms with Crippen LogP contribution in [0.1, 0.15) is 34.1 Å². The number of rotatable bonds is 11. The van der Waals surface area contributed by atoms with Gasteiger partial charge in [-0.3, -0.25) is 0 Å². The van der Waals surface area contributed by atoms with Crippen molar-refractivity contribution in [3.63, 3.8) is 0 Å². The summed E-state index contributed by atoms with van der Waals surface area (Å²) in [6.45, 7) is -3.96. The molecule has 0 radical (unpaired) electrons. The molecule has 8 aromatic rings. The molecule has 4 nitrogen and oxygen atoms in total. The van der Waals surface area contributed by atoms with E-state index in [2.05, 4.69) is 121 Å². The summed E-state index contributed by atoms with van der Waals surface area (Å²) < 4.78 is 7.89. The molecule has 0 bridgehead atoms. The van der Waals surface area contributed by atoms with Crippen LogP contribution in [-0.4, -0.2) is 15.3 Å². The van der Waals surface area contributed by atoms with E-state index in [1.54, 1.807) is 36.4 Å². The second-order valence-electron chi connectivity index (χ2n) is 13.8. The maximum atomic E-state index is 10.3. The molecule has 0 aliphatic heterocycles. The van der Waals surface area contributed by atoms with Crippen molar-refractivity contribution in [3.05, 3.63) is 241 Å². The van der Waals surface area contributed by atoms with Gasteiger partial charge in [-0.05, 0) is 0 Å². The Hall–Kier alpha value is -6.61. The summed E-state index contributed by atoms with van der Waals surface area (Å²) >= 11 is 0. The van der Waals surface area contributed by atoms with Gasteiger partial charge < -0.3 is 0 Å². The Balaban J connectivity index is 1.35. The molecule has 0 fully saturated rings. The van der Waals surface area contributed by atoms with Crippen LogP contribution in [0, 0.1) is 0 Å². The van der Waals surface area contributed by atoms with E-state index in [9.17, 15) is 15.3 Å². The van der Waals surface area contributed by atoms with Crippen molar-refractivity contribution in [2.24, 2.45) is 0 Å². The van der Waals surface area contributed by atoms with Gasteiger partial charge in [-0.25, -0.2) is 0 Å². The van der Waals surface area contributed by atoms with Crippen LogP contribution >= 0.6 is 6.83 Å². The summed E-state index contributed by atoms with van der Waals surface area (Å²) in [6, 6.07) is 72.8. The van der Waals surface area contributed by atoms with Gasteiger partial charge in [0.1, 0.15) is 0 Å². The Morgan fingerprint density at radius 1 is 0.291 bits per heavy atom. The molecular formula is C50H41O4P. The average Bonchev–Trinajstić information content (AvgIpc) is 3.25. The number of hydrogen-bond acceptors (Lipinski definition) is 4. The first-order valence-corrected chi connectivity index (χ1v) is 20.5. The number of benzene rings is 8. The molecular weight excluding hydrogens is 696 g/mol. The van der Waals surface area contributed by atoms with Gasteiger partial charge in [0, 0.05) is 0 Å². The molecule has 0 amide bonds. The van der Waals surface area contributed by atoms with Crippen molar-refractivity contribution in [1.29, 1.82) is 0 Å². The van der Waals surface area contributed by atoms with E-state index < -0.39 is 6.83 Å². The molecule has 0 saturated carbocycles. The van der Waals surface area contributed by atoms with E-state index in [0.29, 0.717) is 0 Å². The minimum atomic E-state index is -3.96. The Bertz CT molecular complexity index is 2240. The summed E-state index contributed by atoms with van der Waals surface area (Å²) in [6.07, 6.45) is 0. The first-order chi connectivity index (χ1) is 27.0. The van der Waals surface area contributed by atoms with Crippen LogP contribution in [0.3, 0.4) is 0 Å². The molecule has 1 unspecified atom stereocenters. The number of hydrogen-bond donors (Lipinski definition) is 3. The SMILES string of the molecule is Oc1ccc(C(c2ccc(O)cc2)C(c2ccc(O)cc2)c2ccc(OP(c3ccccc3)(c3ccccc3)(c3ccccc3)c3ccccc3)cc2)cc1. The molecule has 1 atom stereocenters. The predicted molar refractivity (Wildman–Crippen MR) is 226 cm³/mol. The molecule has 0 aromatic heterocycles. The molecule has 0 saturated heterocycles. The zero-order valence-electron chi connectivity index (χ0n) is 30.1. The molecule has 0 aliphatic rings. The first-order valence-electron chi connectivity index (χ1n) is 18.4. The predicted octanol–water partition coefficient (Wildman–Crippen LogP) is 9.92. The Labute approximate surface area is 322 Å². The van der Waals surface area contributed by atoms with Crippen molar-refractivity contribution < 1.29 is 19.8 Å². The summed E-state index contributed by atoms with van der Waals surface area (Å²) in [5, 5.41) is 35.2. The van der Waals surface area contributed by atoms with E-state index >= 15 is 0 Å². The van der Waals surface area contributed by atoms with Crippen LogP contribution < -0.4 is 25.7 Å². The minimum absolute atomic E-state index is 0.186. The summed E-state index contributed by atoms with van der Waals surface area (Å²) in [4.78, 5) is 0.